The first-order valence-electron chi connectivity index (χ1n) is 5.23. The van der Waals surface area contributed by atoms with E-state index in [2.05, 4.69) is 10.3 Å². The molecule has 0 radical (unpaired) electrons. The number of nitrogens with zero attached hydrogens (tertiary/aromatic N) is 1. The second kappa shape index (κ2) is 5.47. The summed E-state index contributed by atoms with van der Waals surface area (Å²) in [5.74, 6) is -0.475. The number of primary sulfonamides is 1. The first kappa shape index (κ1) is 13.7. The maximum atomic E-state index is 11.7. The van der Waals surface area contributed by atoms with Gasteiger partial charge in [0, 0.05) is 5.69 Å². The Morgan fingerprint density at radius 2 is 2.00 bits per heavy atom. The zero-order valence-electron chi connectivity index (χ0n) is 9.74. The highest BCUT2D eigenvalue weighted by Crippen LogP contribution is 2.14. The number of aromatic nitrogens is 1. The molecule has 1 aromatic heterocycles. The lowest BCUT2D eigenvalue weighted by Crippen LogP contribution is -2.14. The van der Waals surface area contributed by atoms with Gasteiger partial charge in [0.25, 0.3) is 5.91 Å². The second-order valence-electron chi connectivity index (χ2n) is 3.82. The minimum Gasteiger partial charge on any atom is -0.321 e. The molecule has 8 heteroatoms. The third-order valence-electron chi connectivity index (χ3n) is 2.24. The van der Waals surface area contributed by atoms with Crippen LogP contribution in [0.15, 0.2) is 36.0 Å². The largest absolute Gasteiger partial charge is 0.321 e. The molecule has 3 N–H and O–H groups in total. The van der Waals surface area contributed by atoms with E-state index < -0.39 is 10.0 Å². The lowest BCUT2D eigenvalue weighted by atomic mass is 10.2. The fourth-order valence-electron chi connectivity index (χ4n) is 1.44. The van der Waals surface area contributed by atoms with Gasteiger partial charge in [-0.1, -0.05) is 12.1 Å². The SMILES string of the molecule is NS(=O)(=O)Cc1ccc(NC(=O)c2cncs2)cc1. The van der Waals surface area contributed by atoms with Gasteiger partial charge >= 0.3 is 0 Å². The van der Waals surface area contributed by atoms with E-state index >= 15 is 0 Å². The molecule has 0 atom stereocenters. The Bertz CT molecular complexity index is 664. The maximum absolute atomic E-state index is 11.7. The molecule has 6 nitrogen and oxygen atoms in total. The lowest BCUT2D eigenvalue weighted by molar-refractivity contribution is 0.103. The molecule has 0 spiro atoms. The third kappa shape index (κ3) is 4.12. The summed E-state index contributed by atoms with van der Waals surface area (Å²) in [6.45, 7) is 0. The molecule has 1 heterocycles. The minimum atomic E-state index is -3.54. The lowest BCUT2D eigenvalue weighted by Gasteiger charge is -2.04. The predicted molar refractivity (Wildman–Crippen MR) is 73.3 cm³/mol. The van der Waals surface area contributed by atoms with Crippen molar-refractivity contribution in [2.24, 2.45) is 5.14 Å². The van der Waals surface area contributed by atoms with E-state index in [0.717, 1.165) is 0 Å². The molecule has 0 aliphatic rings. The summed E-state index contributed by atoms with van der Waals surface area (Å²) in [5, 5.41) is 7.63. The van der Waals surface area contributed by atoms with E-state index in [1.165, 1.54) is 17.5 Å². The molecule has 2 aromatic rings. The van der Waals surface area contributed by atoms with Crippen LogP contribution in [0.25, 0.3) is 0 Å². The van der Waals surface area contributed by atoms with Gasteiger partial charge in [0.05, 0.1) is 17.5 Å². The van der Waals surface area contributed by atoms with Crippen LogP contribution < -0.4 is 10.5 Å². The topological polar surface area (TPSA) is 102 Å². The van der Waals surface area contributed by atoms with E-state index in [1.807, 2.05) is 0 Å². The summed E-state index contributed by atoms with van der Waals surface area (Å²) in [4.78, 5) is 16.1. The van der Waals surface area contributed by atoms with Crippen molar-refractivity contribution in [3.8, 4) is 0 Å². The zero-order valence-corrected chi connectivity index (χ0v) is 11.4. The van der Waals surface area contributed by atoms with Gasteiger partial charge in [-0.05, 0) is 17.7 Å². The summed E-state index contributed by atoms with van der Waals surface area (Å²) >= 11 is 1.24. The molecule has 0 unspecified atom stereocenters. The van der Waals surface area contributed by atoms with Crippen molar-refractivity contribution in [3.05, 3.63) is 46.4 Å². The minimum absolute atomic E-state index is 0.226. The van der Waals surface area contributed by atoms with Gasteiger partial charge in [0.1, 0.15) is 4.88 Å². The standard InChI is InChI=1S/C11H11N3O3S2/c12-19(16,17)6-8-1-3-9(4-2-8)14-11(15)10-5-13-7-18-10/h1-5,7H,6H2,(H,14,15)(H2,12,16,17). The Kier molecular flexibility index (Phi) is 3.93. The van der Waals surface area contributed by atoms with Crippen LogP contribution in [0.2, 0.25) is 0 Å². The number of sulfonamides is 1. The van der Waals surface area contributed by atoms with Crippen LogP contribution >= 0.6 is 11.3 Å². The second-order valence-corrected chi connectivity index (χ2v) is 6.32. The molecule has 0 bridgehead atoms. The molecule has 19 heavy (non-hydrogen) atoms. The van der Waals surface area contributed by atoms with Crippen molar-refractivity contribution in [1.29, 1.82) is 0 Å². The number of hydrogen-bond acceptors (Lipinski definition) is 5. The molecule has 1 aromatic carbocycles. The Morgan fingerprint density at radius 3 is 2.53 bits per heavy atom. The van der Waals surface area contributed by atoms with Gasteiger partial charge in [-0.3, -0.25) is 9.78 Å². The Morgan fingerprint density at radius 1 is 1.32 bits per heavy atom. The van der Waals surface area contributed by atoms with Crippen LogP contribution in [-0.2, 0) is 15.8 Å². The first-order valence-corrected chi connectivity index (χ1v) is 7.83. The van der Waals surface area contributed by atoms with Crippen molar-refractivity contribution in [2.75, 3.05) is 5.32 Å². The monoisotopic (exact) mass is 297 g/mol. The number of amides is 1. The van der Waals surface area contributed by atoms with E-state index in [-0.39, 0.29) is 11.7 Å². The van der Waals surface area contributed by atoms with Crippen LogP contribution in [0.5, 0.6) is 0 Å². The van der Waals surface area contributed by atoms with Gasteiger partial charge in [0.15, 0.2) is 0 Å². The molecule has 100 valence electrons. The number of nitrogens with two attached hydrogens (primary N) is 1. The van der Waals surface area contributed by atoms with Gasteiger partial charge in [0.2, 0.25) is 10.0 Å². The van der Waals surface area contributed by atoms with Crippen molar-refractivity contribution in [3.63, 3.8) is 0 Å². The maximum Gasteiger partial charge on any atom is 0.267 e. The van der Waals surface area contributed by atoms with Crippen LogP contribution in [0.3, 0.4) is 0 Å². The summed E-state index contributed by atoms with van der Waals surface area (Å²) in [6, 6.07) is 6.46. The Balaban J connectivity index is 2.05. The van der Waals surface area contributed by atoms with Gasteiger partial charge in [-0.2, -0.15) is 0 Å². The van der Waals surface area contributed by atoms with Crippen molar-refractivity contribution < 1.29 is 13.2 Å². The first-order chi connectivity index (χ1) is 8.94. The van der Waals surface area contributed by atoms with Gasteiger partial charge in [-0.25, -0.2) is 13.6 Å². The van der Waals surface area contributed by atoms with Crippen molar-refractivity contribution in [2.45, 2.75) is 5.75 Å². The average Bonchev–Trinajstić information content (AvgIpc) is 2.83. The molecule has 2 rings (SSSR count). The Labute approximate surface area is 114 Å². The smallest absolute Gasteiger partial charge is 0.267 e. The van der Waals surface area contributed by atoms with E-state index in [0.29, 0.717) is 16.1 Å². The third-order valence-corrected chi connectivity index (χ3v) is 3.74. The van der Waals surface area contributed by atoms with E-state index in [9.17, 15) is 13.2 Å². The summed E-state index contributed by atoms with van der Waals surface area (Å²) in [5.41, 5.74) is 2.72. The molecule has 0 saturated carbocycles. The van der Waals surface area contributed by atoms with Crippen molar-refractivity contribution >= 4 is 33.0 Å². The quantitative estimate of drug-likeness (QED) is 0.884. The Hall–Kier alpha value is -1.77. The molecular formula is C11H11N3O3S2. The summed E-state index contributed by atoms with van der Waals surface area (Å²) < 4.78 is 21.8. The number of carbonyl (C=O) groups is 1. The number of thiazole rings is 1. The zero-order chi connectivity index (χ0) is 13.9. The molecule has 1 amide bonds. The molecule has 0 fully saturated rings. The fourth-order valence-corrected chi connectivity index (χ4v) is 2.61. The number of hydrogen-bond donors (Lipinski definition) is 2. The molecular weight excluding hydrogens is 286 g/mol. The number of anilines is 1. The van der Waals surface area contributed by atoms with Gasteiger partial charge < -0.3 is 5.32 Å². The van der Waals surface area contributed by atoms with E-state index in [4.69, 9.17) is 5.14 Å². The van der Waals surface area contributed by atoms with E-state index in [1.54, 1.807) is 29.8 Å². The average molecular weight is 297 g/mol. The van der Waals surface area contributed by atoms with Crippen LogP contribution in [0, 0.1) is 0 Å². The normalized spacial score (nSPS) is 11.2. The van der Waals surface area contributed by atoms with Gasteiger partial charge in [-0.15, -0.1) is 11.3 Å². The van der Waals surface area contributed by atoms with Crippen LogP contribution in [0.4, 0.5) is 5.69 Å². The van der Waals surface area contributed by atoms with Crippen molar-refractivity contribution in [1.82, 2.24) is 4.98 Å². The predicted octanol–water partition coefficient (Wildman–Crippen LogP) is 1.18. The number of rotatable bonds is 4. The molecule has 0 aliphatic carbocycles. The highest BCUT2D eigenvalue weighted by molar-refractivity contribution is 7.88. The summed E-state index contributed by atoms with van der Waals surface area (Å²) in [7, 11) is -3.54. The highest BCUT2D eigenvalue weighted by Gasteiger charge is 2.08. The van der Waals surface area contributed by atoms with Crippen LogP contribution in [-0.4, -0.2) is 19.3 Å². The number of nitrogens with one attached hydrogen (secondary N) is 1. The highest BCUT2D eigenvalue weighted by atomic mass is 32.2. The number of benzene rings is 1. The fraction of sp³-hybridized carbons (Fsp3) is 0.0909. The summed E-state index contributed by atoms with van der Waals surface area (Å²) in [6.07, 6.45) is 1.48. The molecule has 0 saturated heterocycles. The molecule has 0 aliphatic heterocycles. The van der Waals surface area contributed by atoms with Crippen LogP contribution in [0.1, 0.15) is 15.2 Å². The number of carbonyl (C=O) groups excluding carboxylic acids is 1.